The number of hydrogen-bond donors (Lipinski definition) is 1. The van der Waals surface area contributed by atoms with E-state index in [0.717, 1.165) is 44.7 Å². The molecule has 1 aliphatic heterocycles. The Balaban J connectivity index is 1.89. The van der Waals surface area contributed by atoms with Crippen LogP contribution in [0.1, 0.15) is 18.9 Å². The fraction of sp³-hybridized carbons (Fsp3) is 0.533. The molecule has 0 bridgehead atoms. The van der Waals surface area contributed by atoms with Crippen LogP contribution in [0, 0.1) is 5.82 Å². The highest BCUT2D eigenvalue weighted by Gasteiger charge is 2.24. The van der Waals surface area contributed by atoms with Gasteiger partial charge in [-0.3, -0.25) is 9.80 Å². The quantitative estimate of drug-likeness (QED) is 0.804. The van der Waals surface area contributed by atoms with Crippen LogP contribution in [-0.4, -0.2) is 47.0 Å². The fourth-order valence-corrected chi connectivity index (χ4v) is 3.51. The SMILES string of the molecule is CCC(C(N)=S)N1CCN(Cc2ccc(F)c(Br)c2)CC1. The smallest absolute Gasteiger partial charge is 0.137 e. The normalized spacial score (nSPS) is 18.6. The lowest BCUT2D eigenvalue weighted by Crippen LogP contribution is -2.53. The number of thiocarbonyl (C=S) groups is 1. The summed E-state index contributed by atoms with van der Waals surface area (Å²) in [6.07, 6.45) is 0.959. The Bertz CT molecular complexity index is 504. The topological polar surface area (TPSA) is 32.5 Å². The van der Waals surface area contributed by atoms with Gasteiger partial charge in [0.15, 0.2) is 0 Å². The zero-order valence-corrected chi connectivity index (χ0v) is 14.6. The van der Waals surface area contributed by atoms with Crippen LogP contribution in [0.25, 0.3) is 0 Å². The Hall–Kier alpha value is -0.560. The average Bonchev–Trinajstić information content (AvgIpc) is 2.45. The van der Waals surface area contributed by atoms with E-state index < -0.39 is 0 Å². The molecule has 1 atom stereocenters. The first-order valence-electron chi connectivity index (χ1n) is 7.21. The maximum Gasteiger partial charge on any atom is 0.137 e. The van der Waals surface area contributed by atoms with Gasteiger partial charge in [-0.1, -0.05) is 25.2 Å². The molecule has 0 radical (unpaired) electrons. The maximum atomic E-state index is 13.2. The van der Waals surface area contributed by atoms with Crippen molar-refractivity contribution < 1.29 is 4.39 Å². The number of benzene rings is 1. The molecule has 1 saturated heterocycles. The molecular weight excluding hydrogens is 353 g/mol. The second-order valence-electron chi connectivity index (χ2n) is 5.39. The molecule has 116 valence electrons. The van der Waals surface area contributed by atoms with Crippen molar-refractivity contribution in [1.29, 1.82) is 0 Å². The van der Waals surface area contributed by atoms with Crippen molar-refractivity contribution in [1.82, 2.24) is 9.80 Å². The van der Waals surface area contributed by atoms with Gasteiger partial charge in [0.1, 0.15) is 5.82 Å². The molecule has 1 fully saturated rings. The minimum Gasteiger partial charge on any atom is -0.392 e. The number of rotatable bonds is 5. The molecule has 0 aliphatic carbocycles. The van der Waals surface area contributed by atoms with Gasteiger partial charge in [0, 0.05) is 32.7 Å². The number of nitrogens with zero attached hydrogens (tertiary/aromatic N) is 2. The molecule has 3 nitrogen and oxygen atoms in total. The highest BCUT2D eigenvalue weighted by molar-refractivity contribution is 9.10. The Kier molecular flexibility index (Phi) is 6.10. The van der Waals surface area contributed by atoms with E-state index in [-0.39, 0.29) is 11.9 Å². The lowest BCUT2D eigenvalue weighted by molar-refractivity contribution is 0.112. The number of piperazine rings is 1. The number of nitrogens with two attached hydrogens (primary N) is 1. The highest BCUT2D eigenvalue weighted by Crippen LogP contribution is 2.19. The summed E-state index contributed by atoms with van der Waals surface area (Å²) in [4.78, 5) is 5.33. The summed E-state index contributed by atoms with van der Waals surface area (Å²) in [5.74, 6) is -0.217. The van der Waals surface area contributed by atoms with Gasteiger partial charge in [-0.05, 0) is 40.0 Å². The van der Waals surface area contributed by atoms with Crippen LogP contribution in [0.3, 0.4) is 0 Å². The predicted octanol–water partition coefficient (Wildman–Crippen LogP) is 2.77. The standard InChI is InChI=1S/C15H21BrFN3S/c1-2-14(15(18)21)20-7-5-19(6-8-20)10-11-3-4-13(17)12(16)9-11/h3-4,9,14H,2,5-8,10H2,1H3,(H2,18,21). The third-order valence-electron chi connectivity index (χ3n) is 3.95. The summed E-state index contributed by atoms with van der Waals surface area (Å²) in [5, 5.41) is 0. The highest BCUT2D eigenvalue weighted by atomic mass is 79.9. The molecule has 6 heteroatoms. The summed E-state index contributed by atoms with van der Waals surface area (Å²) < 4.78 is 13.8. The maximum absolute atomic E-state index is 13.2. The van der Waals surface area contributed by atoms with Crippen LogP contribution < -0.4 is 5.73 Å². The minimum atomic E-state index is -0.217. The Morgan fingerprint density at radius 2 is 2.05 bits per heavy atom. The van der Waals surface area contributed by atoms with E-state index in [1.165, 1.54) is 6.07 Å². The molecule has 0 spiro atoms. The van der Waals surface area contributed by atoms with Crippen LogP contribution in [-0.2, 0) is 6.54 Å². The van der Waals surface area contributed by atoms with Crippen molar-refractivity contribution in [3.05, 3.63) is 34.1 Å². The van der Waals surface area contributed by atoms with Gasteiger partial charge in [-0.2, -0.15) is 0 Å². The second kappa shape index (κ2) is 7.63. The van der Waals surface area contributed by atoms with Crippen LogP contribution >= 0.6 is 28.1 Å². The van der Waals surface area contributed by atoms with E-state index in [0.29, 0.717) is 9.46 Å². The van der Waals surface area contributed by atoms with Gasteiger partial charge in [-0.15, -0.1) is 0 Å². The Morgan fingerprint density at radius 1 is 1.38 bits per heavy atom. The van der Waals surface area contributed by atoms with Gasteiger partial charge in [0.2, 0.25) is 0 Å². The van der Waals surface area contributed by atoms with Crippen molar-refractivity contribution >= 4 is 33.1 Å². The summed E-state index contributed by atoms with van der Waals surface area (Å²) in [7, 11) is 0. The minimum absolute atomic E-state index is 0.210. The molecule has 1 aromatic carbocycles. The van der Waals surface area contributed by atoms with Crippen LogP contribution in [0.15, 0.2) is 22.7 Å². The first-order valence-corrected chi connectivity index (χ1v) is 8.41. The molecule has 21 heavy (non-hydrogen) atoms. The largest absolute Gasteiger partial charge is 0.392 e. The summed E-state index contributed by atoms with van der Waals surface area (Å²) in [5.41, 5.74) is 6.93. The lowest BCUT2D eigenvalue weighted by atomic mass is 10.1. The van der Waals surface area contributed by atoms with E-state index in [1.807, 2.05) is 12.1 Å². The van der Waals surface area contributed by atoms with Crippen molar-refractivity contribution in [2.24, 2.45) is 5.73 Å². The molecule has 1 unspecified atom stereocenters. The van der Waals surface area contributed by atoms with Crippen molar-refractivity contribution in [3.63, 3.8) is 0 Å². The molecule has 0 aromatic heterocycles. The number of halogens is 2. The van der Waals surface area contributed by atoms with Gasteiger partial charge >= 0.3 is 0 Å². The van der Waals surface area contributed by atoms with Gasteiger partial charge in [-0.25, -0.2) is 4.39 Å². The average molecular weight is 374 g/mol. The molecule has 0 saturated carbocycles. The van der Waals surface area contributed by atoms with Gasteiger partial charge in [0.05, 0.1) is 15.5 Å². The summed E-state index contributed by atoms with van der Waals surface area (Å²) >= 11 is 8.37. The van der Waals surface area contributed by atoms with Crippen LogP contribution in [0.5, 0.6) is 0 Å². The summed E-state index contributed by atoms with van der Waals surface area (Å²) in [6.45, 7) is 6.86. The van der Waals surface area contributed by atoms with Crippen LogP contribution in [0.2, 0.25) is 0 Å². The van der Waals surface area contributed by atoms with E-state index in [2.05, 4.69) is 32.7 Å². The third-order valence-corrected chi connectivity index (χ3v) is 4.83. The molecule has 2 N–H and O–H groups in total. The van der Waals surface area contributed by atoms with Crippen molar-refractivity contribution in [2.45, 2.75) is 25.9 Å². The first kappa shape index (κ1) is 16.8. The van der Waals surface area contributed by atoms with Gasteiger partial charge < -0.3 is 5.73 Å². The third kappa shape index (κ3) is 4.45. The van der Waals surface area contributed by atoms with Crippen molar-refractivity contribution in [2.75, 3.05) is 26.2 Å². The molecular formula is C15H21BrFN3S. The Labute approximate surface area is 139 Å². The summed E-state index contributed by atoms with van der Waals surface area (Å²) in [6, 6.07) is 5.42. The van der Waals surface area contributed by atoms with E-state index in [4.69, 9.17) is 18.0 Å². The zero-order chi connectivity index (χ0) is 15.4. The fourth-order valence-electron chi connectivity index (χ4n) is 2.77. The predicted molar refractivity (Wildman–Crippen MR) is 91.8 cm³/mol. The molecule has 1 aromatic rings. The molecule has 1 aliphatic rings. The van der Waals surface area contributed by atoms with Crippen LogP contribution in [0.4, 0.5) is 4.39 Å². The van der Waals surface area contributed by atoms with Crippen molar-refractivity contribution in [3.8, 4) is 0 Å². The Morgan fingerprint density at radius 3 is 2.57 bits per heavy atom. The van der Waals surface area contributed by atoms with Gasteiger partial charge in [0.25, 0.3) is 0 Å². The zero-order valence-electron chi connectivity index (χ0n) is 12.2. The number of hydrogen-bond acceptors (Lipinski definition) is 3. The monoisotopic (exact) mass is 373 g/mol. The molecule has 0 amide bonds. The molecule has 2 rings (SSSR count). The second-order valence-corrected chi connectivity index (χ2v) is 6.71. The first-order chi connectivity index (χ1) is 10.0. The van der Waals surface area contributed by atoms with E-state index in [9.17, 15) is 4.39 Å². The van der Waals surface area contributed by atoms with E-state index in [1.54, 1.807) is 0 Å². The lowest BCUT2D eigenvalue weighted by Gasteiger charge is -2.38. The van der Waals surface area contributed by atoms with E-state index >= 15 is 0 Å². The molecule has 1 heterocycles.